The minimum Gasteiger partial charge on any atom is -0.481 e. The first-order chi connectivity index (χ1) is 9.35. The zero-order chi connectivity index (χ0) is 14.8. The summed E-state index contributed by atoms with van der Waals surface area (Å²) in [5.41, 5.74) is 0.353. The van der Waals surface area contributed by atoms with Gasteiger partial charge in [0.1, 0.15) is 0 Å². The molecule has 1 unspecified atom stereocenters. The van der Waals surface area contributed by atoms with Crippen LogP contribution < -0.4 is 5.32 Å². The van der Waals surface area contributed by atoms with Crippen LogP contribution in [0.25, 0.3) is 0 Å². The number of amides is 2. The summed E-state index contributed by atoms with van der Waals surface area (Å²) < 4.78 is 0. The lowest BCUT2D eigenvalue weighted by Gasteiger charge is -2.19. The lowest BCUT2D eigenvalue weighted by atomic mass is 10.1. The number of nitrogens with zero attached hydrogens (tertiary/aromatic N) is 1. The van der Waals surface area contributed by atoms with Crippen LogP contribution in [0.2, 0.25) is 0 Å². The molecule has 1 aromatic carbocycles. The molecule has 0 aliphatic carbocycles. The third kappa shape index (κ3) is 3.71. The molecule has 3 N–H and O–H groups in total. The van der Waals surface area contributed by atoms with E-state index in [9.17, 15) is 14.7 Å². The van der Waals surface area contributed by atoms with Crippen LogP contribution in [0.3, 0.4) is 0 Å². The minimum atomic E-state index is -0.913. The van der Waals surface area contributed by atoms with Crippen molar-refractivity contribution in [3.05, 3.63) is 29.8 Å². The maximum Gasteiger partial charge on any atom is 0.321 e. The highest BCUT2D eigenvalue weighted by molar-refractivity contribution is 5.89. The topological polar surface area (TPSA) is 89.9 Å². The van der Waals surface area contributed by atoms with Gasteiger partial charge in [0, 0.05) is 12.2 Å². The van der Waals surface area contributed by atoms with E-state index in [2.05, 4.69) is 5.32 Å². The molecular formula is C14H18N2O4. The number of rotatable bonds is 3. The molecular weight excluding hydrogens is 260 g/mol. The van der Waals surface area contributed by atoms with Gasteiger partial charge in [0.15, 0.2) is 0 Å². The average Bonchev–Trinajstić information content (AvgIpc) is 2.69. The van der Waals surface area contributed by atoms with Crippen LogP contribution in [0.5, 0.6) is 0 Å². The number of aliphatic hydroxyl groups is 1. The lowest BCUT2D eigenvalue weighted by Crippen LogP contribution is -2.36. The number of carbonyl (C=O) groups is 2. The quantitative estimate of drug-likeness (QED) is 0.777. The molecule has 1 aliphatic rings. The number of urea groups is 1. The number of anilines is 1. The third-order valence-corrected chi connectivity index (χ3v) is 3.27. The van der Waals surface area contributed by atoms with E-state index in [4.69, 9.17) is 5.11 Å². The molecule has 1 aromatic rings. The fraction of sp³-hybridized carbons (Fsp3) is 0.429. The Morgan fingerprint density at radius 3 is 2.80 bits per heavy atom. The Kier molecular flexibility index (Phi) is 3.94. The number of hydrogen-bond donors (Lipinski definition) is 3. The molecule has 6 nitrogen and oxygen atoms in total. The van der Waals surface area contributed by atoms with Crippen LogP contribution >= 0.6 is 0 Å². The Morgan fingerprint density at radius 2 is 2.20 bits per heavy atom. The van der Waals surface area contributed by atoms with Gasteiger partial charge in [-0.1, -0.05) is 12.1 Å². The third-order valence-electron chi connectivity index (χ3n) is 3.27. The first kappa shape index (κ1) is 14.3. The predicted octanol–water partition coefficient (Wildman–Crippen LogP) is 1.30. The van der Waals surface area contributed by atoms with Gasteiger partial charge in [-0.3, -0.25) is 4.79 Å². The fourth-order valence-electron chi connectivity index (χ4n) is 2.25. The molecule has 0 saturated carbocycles. The highest BCUT2D eigenvalue weighted by Gasteiger charge is 2.33. The molecule has 1 atom stereocenters. The van der Waals surface area contributed by atoms with Gasteiger partial charge < -0.3 is 20.4 Å². The highest BCUT2D eigenvalue weighted by atomic mass is 16.4. The molecule has 0 radical (unpaired) electrons. The van der Waals surface area contributed by atoms with E-state index < -0.39 is 11.6 Å². The molecule has 0 aromatic heterocycles. The Morgan fingerprint density at radius 1 is 1.45 bits per heavy atom. The summed E-state index contributed by atoms with van der Waals surface area (Å²) in [4.78, 5) is 24.2. The van der Waals surface area contributed by atoms with Crippen LogP contribution in [-0.2, 0) is 11.2 Å². The monoisotopic (exact) mass is 278 g/mol. The van der Waals surface area contributed by atoms with Crippen molar-refractivity contribution in [2.24, 2.45) is 0 Å². The SMILES string of the molecule is CC1(O)CCN(C(=O)Nc2cccc(CC(=O)O)c2)C1. The van der Waals surface area contributed by atoms with E-state index in [-0.39, 0.29) is 12.5 Å². The average molecular weight is 278 g/mol. The maximum absolute atomic E-state index is 12.0. The molecule has 20 heavy (non-hydrogen) atoms. The number of carbonyl (C=O) groups excluding carboxylic acids is 1. The standard InChI is InChI=1S/C14H18N2O4/c1-14(20)5-6-16(9-14)13(19)15-11-4-2-3-10(7-11)8-12(17)18/h2-4,7,20H,5-6,8-9H2,1H3,(H,15,19)(H,17,18). The van der Waals surface area contributed by atoms with Crippen molar-refractivity contribution < 1.29 is 19.8 Å². The van der Waals surface area contributed by atoms with Crippen LogP contribution in [0, 0.1) is 0 Å². The van der Waals surface area contributed by atoms with Crippen molar-refractivity contribution in [3.63, 3.8) is 0 Å². The summed E-state index contributed by atoms with van der Waals surface area (Å²) in [7, 11) is 0. The number of nitrogens with one attached hydrogen (secondary N) is 1. The van der Waals surface area contributed by atoms with Crippen LogP contribution in [-0.4, -0.2) is 45.8 Å². The summed E-state index contributed by atoms with van der Waals surface area (Å²) in [6, 6.07) is 6.46. The van der Waals surface area contributed by atoms with Crippen LogP contribution in [0.1, 0.15) is 18.9 Å². The van der Waals surface area contributed by atoms with Gasteiger partial charge >= 0.3 is 12.0 Å². The van der Waals surface area contributed by atoms with Crippen molar-refractivity contribution in [2.45, 2.75) is 25.4 Å². The summed E-state index contributed by atoms with van der Waals surface area (Å²) >= 11 is 0. The van der Waals surface area contributed by atoms with Crippen LogP contribution in [0.15, 0.2) is 24.3 Å². The van der Waals surface area contributed by atoms with Crippen molar-refractivity contribution in [1.82, 2.24) is 4.90 Å². The second-order valence-electron chi connectivity index (χ2n) is 5.37. The first-order valence-electron chi connectivity index (χ1n) is 6.45. The van der Waals surface area contributed by atoms with Gasteiger partial charge in [0.2, 0.25) is 0 Å². The Labute approximate surface area is 117 Å². The highest BCUT2D eigenvalue weighted by Crippen LogP contribution is 2.21. The smallest absolute Gasteiger partial charge is 0.321 e. The zero-order valence-electron chi connectivity index (χ0n) is 11.3. The normalized spacial score (nSPS) is 21.8. The van der Waals surface area contributed by atoms with E-state index in [1.165, 1.54) is 0 Å². The van der Waals surface area contributed by atoms with Gasteiger partial charge in [0.25, 0.3) is 0 Å². The molecule has 6 heteroatoms. The summed E-state index contributed by atoms with van der Waals surface area (Å²) in [5.74, 6) is -0.913. The van der Waals surface area contributed by atoms with Crippen molar-refractivity contribution >= 4 is 17.7 Å². The van der Waals surface area contributed by atoms with Gasteiger partial charge in [-0.2, -0.15) is 0 Å². The second kappa shape index (κ2) is 5.50. The van der Waals surface area contributed by atoms with E-state index in [1.54, 1.807) is 36.1 Å². The second-order valence-corrected chi connectivity index (χ2v) is 5.37. The zero-order valence-corrected chi connectivity index (χ0v) is 11.3. The number of carboxylic acid groups (broad SMARTS) is 1. The molecule has 2 amide bonds. The Hall–Kier alpha value is -2.08. The lowest BCUT2D eigenvalue weighted by molar-refractivity contribution is -0.136. The van der Waals surface area contributed by atoms with Crippen molar-refractivity contribution in [3.8, 4) is 0 Å². The summed E-state index contributed by atoms with van der Waals surface area (Å²) in [6.45, 7) is 2.51. The minimum absolute atomic E-state index is 0.0812. The van der Waals surface area contributed by atoms with E-state index in [0.717, 1.165) is 0 Å². The predicted molar refractivity (Wildman–Crippen MR) is 73.6 cm³/mol. The van der Waals surface area contributed by atoms with Crippen LogP contribution in [0.4, 0.5) is 10.5 Å². The number of hydrogen-bond acceptors (Lipinski definition) is 3. The van der Waals surface area contributed by atoms with E-state index in [0.29, 0.717) is 30.8 Å². The molecule has 1 saturated heterocycles. The number of benzene rings is 1. The summed E-state index contributed by atoms with van der Waals surface area (Å²) in [5, 5.41) is 21.3. The molecule has 0 spiro atoms. The molecule has 1 fully saturated rings. The fourth-order valence-corrected chi connectivity index (χ4v) is 2.25. The summed E-state index contributed by atoms with van der Waals surface area (Å²) in [6.07, 6.45) is 0.474. The van der Waals surface area contributed by atoms with Gasteiger partial charge in [-0.25, -0.2) is 4.79 Å². The number of β-amino-alcohol motifs (C(OH)–C–C–N with tert-alkyl or cyclic N) is 1. The largest absolute Gasteiger partial charge is 0.481 e. The van der Waals surface area contributed by atoms with Crippen molar-refractivity contribution in [1.29, 1.82) is 0 Å². The number of aliphatic carboxylic acids is 1. The molecule has 1 aliphatic heterocycles. The Bertz CT molecular complexity index is 528. The molecule has 0 bridgehead atoms. The number of carboxylic acids is 1. The van der Waals surface area contributed by atoms with E-state index in [1.807, 2.05) is 0 Å². The van der Waals surface area contributed by atoms with Gasteiger partial charge in [-0.05, 0) is 31.0 Å². The van der Waals surface area contributed by atoms with E-state index >= 15 is 0 Å². The molecule has 1 heterocycles. The molecule has 2 rings (SSSR count). The van der Waals surface area contributed by atoms with Crippen molar-refractivity contribution in [2.75, 3.05) is 18.4 Å². The first-order valence-corrected chi connectivity index (χ1v) is 6.45. The maximum atomic E-state index is 12.0. The Balaban J connectivity index is 1.99. The number of likely N-dealkylation sites (tertiary alicyclic amines) is 1. The van der Waals surface area contributed by atoms with Gasteiger partial charge in [0.05, 0.1) is 18.6 Å². The van der Waals surface area contributed by atoms with Gasteiger partial charge in [-0.15, -0.1) is 0 Å². The molecule has 108 valence electrons.